The van der Waals surface area contributed by atoms with Crippen LogP contribution in [0.1, 0.15) is 79.7 Å². The van der Waals surface area contributed by atoms with E-state index in [4.69, 9.17) is 20.3 Å². The van der Waals surface area contributed by atoms with Gasteiger partial charge in [-0.2, -0.15) is 0 Å². The minimum Gasteiger partial charge on any atom is -0.497 e. The first-order chi connectivity index (χ1) is 18.5. The van der Waals surface area contributed by atoms with Crippen LogP contribution in [0.4, 0.5) is 10.6 Å². The summed E-state index contributed by atoms with van der Waals surface area (Å²) in [6.45, 7) is 7.37. The maximum atomic E-state index is 13.0. The van der Waals surface area contributed by atoms with Gasteiger partial charge in [-0.1, -0.05) is 12.1 Å². The molecule has 3 N–H and O–H groups in total. The Morgan fingerprint density at radius 2 is 1.82 bits per heavy atom. The van der Waals surface area contributed by atoms with Gasteiger partial charge in [-0.3, -0.25) is 14.5 Å². The minimum atomic E-state index is -0.649. The highest BCUT2D eigenvalue weighted by Gasteiger charge is 2.36. The number of carbonyl (C=O) groups is 3. The highest BCUT2D eigenvalue weighted by molar-refractivity contribution is 6.04. The summed E-state index contributed by atoms with van der Waals surface area (Å²) in [5.41, 5.74) is 0.961. The van der Waals surface area contributed by atoms with E-state index in [0.29, 0.717) is 47.2 Å². The normalized spacial score (nSPS) is 15.5. The first-order valence-corrected chi connectivity index (χ1v) is 12.8. The number of amides is 2. The number of nitrogens with one attached hydrogen (secondary N) is 1. The number of ether oxygens (including phenoxy) is 2. The molecular weight excluding hydrogens is 500 g/mol. The second kappa shape index (κ2) is 11.1. The van der Waals surface area contributed by atoms with E-state index in [1.807, 2.05) is 20.8 Å². The van der Waals surface area contributed by atoms with E-state index in [0.717, 1.165) is 12.8 Å². The molecule has 0 unspecified atom stereocenters. The average Bonchev–Trinajstić information content (AvgIpc) is 3.25. The van der Waals surface area contributed by atoms with Crippen LogP contribution >= 0.6 is 0 Å². The average molecular weight is 535 g/mol. The van der Waals surface area contributed by atoms with Gasteiger partial charge < -0.3 is 20.6 Å². The molecular formula is C28H34N6O5. The zero-order valence-electron chi connectivity index (χ0n) is 22.9. The number of ketones is 1. The number of hydrogen-bond acceptors (Lipinski definition) is 8. The minimum absolute atomic E-state index is 0.220. The topological polar surface area (TPSA) is 142 Å². The van der Waals surface area contributed by atoms with E-state index < -0.39 is 17.7 Å². The molecule has 3 aromatic rings. The van der Waals surface area contributed by atoms with Crippen LogP contribution in [-0.4, -0.2) is 56.6 Å². The molecule has 0 saturated carbocycles. The Labute approximate surface area is 227 Å². The molecule has 11 nitrogen and oxygen atoms in total. The summed E-state index contributed by atoms with van der Waals surface area (Å²) in [6, 6.07) is 9.55. The fraction of sp³-hybridized carbons (Fsp3) is 0.393. The molecule has 39 heavy (non-hydrogen) atoms. The summed E-state index contributed by atoms with van der Waals surface area (Å²) in [5.74, 6) is 7.14. The number of imidazole rings is 1. The molecule has 1 fully saturated rings. The second-order valence-electron chi connectivity index (χ2n) is 10.4. The summed E-state index contributed by atoms with van der Waals surface area (Å²) < 4.78 is 12.1. The maximum Gasteiger partial charge on any atom is 0.410 e. The van der Waals surface area contributed by atoms with Gasteiger partial charge in [0.05, 0.1) is 13.2 Å². The highest BCUT2D eigenvalue weighted by Crippen LogP contribution is 2.34. The molecule has 1 aromatic carbocycles. The summed E-state index contributed by atoms with van der Waals surface area (Å²) in [6.07, 6.45) is 3.46. The van der Waals surface area contributed by atoms with Gasteiger partial charge in [-0.25, -0.2) is 19.4 Å². The number of likely N-dealkylation sites (tertiary alicyclic amines) is 1. The van der Waals surface area contributed by atoms with Gasteiger partial charge in [0.1, 0.15) is 28.6 Å². The van der Waals surface area contributed by atoms with Crippen LogP contribution in [0.5, 0.6) is 5.75 Å². The van der Waals surface area contributed by atoms with E-state index in [9.17, 15) is 14.4 Å². The molecule has 2 amide bonds. The van der Waals surface area contributed by atoms with Crippen LogP contribution in [0.25, 0.3) is 11.3 Å². The van der Waals surface area contributed by atoms with Crippen LogP contribution < -0.4 is 15.9 Å². The number of rotatable bonds is 6. The van der Waals surface area contributed by atoms with Crippen molar-refractivity contribution in [1.82, 2.24) is 19.5 Å². The number of nitrogen functional groups attached to an aromatic ring is 1. The molecule has 1 aliphatic rings. The smallest absolute Gasteiger partial charge is 0.410 e. The number of Topliss-reactive ketones (excluding diaryl/α,β-unsaturated/α-hetero) is 1. The molecule has 206 valence electrons. The van der Waals surface area contributed by atoms with Crippen LogP contribution in [0.2, 0.25) is 0 Å². The third kappa shape index (κ3) is 6.19. The third-order valence-electron chi connectivity index (χ3n) is 6.33. The molecule has 2 aromatic heterocycles. The van der Waals surface area contributed by atoms with Crippen molar-refractivity contribution in [3.05, 3.63) is 59.7 Å². The molecule has 0 radical (unpaired) electrons. The number of pyridine rings is 1. The Morgan fingerprint density at radius 3 is 2.46 bits per heavy atom. The number of nitrogens with zero attached hydrogens (tertiary/aromatic N) is 4. The Kier molecular flexibility index (Phi) is 7.89. The fourth-order valence-electron chi connectivity index (χ4n) is 4.54. The van der Waals surface area contributed by atoms with Crippen molar-refractivity contribution in [1.29, 1.82) is 0 Å². The number of anilines is 1. The summed E-state index contributed by atoms with van der Waals surface area (Å²) in [7, 11) is 1.53. The predicted molar refractivity (Wildman–Crippen MR) is 146 cm³/mol. The maximum absolute atomic E-state index is 13.0. The molecule has 0 spiro atoms. The first-order valence-electron chi connectivity index (χ1n) is 12.8. The predicted octanol–water partition coefficient (Wildman–Crippen LogP) is 4.58. The van der Waals surface area contributed by atoms with Gasteiger partial charge in [0.25, 0.3) is 5.91 Å². The van der Waals surface area contributed by atoms with E-state index in [1.165, 1.54) is 24.9 Å². The van der Waals surface area contributed by atoms with Crippen molar-refractivity contribution >= 4 is 23.6 Å². The van der Waals surface area contributed by atoms with Gasteiger partial charge in [0.2, 0.25) is 0 Å². The summed E-state index contributed by atoms with van der Waals surface area (Å²) >= 11 is 0. The number of aromatic nitrogens is 3. The summed E-state index contributed by atoms with van der Waals surface area (Å²) in [5, 5.41) is 2.74. The Morgan fingerprint density at radius 1 is 1.10 bits per heavy atom. The molecule has 1 aliphatic heterocycles. The molecule has 1 saturated heterocycles. The number of benzene rings is 1. The Hall–Kier alpha value is -4.41. The van der Waals surface area contributed by atoms with E-state index in [1.54, 1.807) is 41.3 Å². The molecule has 1 atom stereocenters. The molecule has 0 bridgehead atoms. The lowest BCUT2D eigenvalue weighted by molar-refractivity contribution is 0.00821. The first kappa shape index (κ1) is 27.6. The highest BCUT2D eigenvalue weighted by atomic mass is 16.6. The third-order valence-corrected chi connectivity index (χ3v) is 6.33. The molecule has 0 aliphatic carbocycles. The Bertz CT molecular complexity index is 1380. The van der Waals surface area contributed by atoms with Gasteiger partial charge in [-0.15, -0.1) is 0 Å². The van der Waals surface area contributed by atoms with Gasteiger partial charge in [0.15, 0.2) is 11.6 Å². The molecule has 3 heterocycles. The zero-order chi connectivity index (χ0) is 28.3. The van der Waals surface area contributed by atoms with Gasteiger partial charge in [0, 0.05) is 36.9 Å². The van der Waals surface area contributed by atoms with Crippen molar-refractivity contribution in [3.63, 3.8) is 0 Å². The lowest BCUT2D eigenvalue weighted by Gasteiger charge is -2.36. The fourth-order valence-corrected chi connectivity index (χ4v) is 4.54. The van der Waals surface area contributed by atoms with Gasteiger partial charge in [-0.05, 0) is 58.2 Å². The summed E-state index contributed by atoms with van der Waals surface area (Å²) in [4.78, 5) is 48.9. The largest absolute Gasteiger partial charge is 0.497 e. The van der Waals surface area contributed by atoms with Crippen molar-refractivity contribution in [2.24, 2.45) is 0 Å². The van der Waals surface area contributed by atoms with E-state index in [2.05, 4.69) is 10.3 Å². The van der Waals surface area contributed by atoms with Crippen molar-refractivity contribution in [3.8, 4) is 17.0 Å². The van der Waals surface area contributed by atoms with Gasteiger partial charge >= 0.3 is 6.09 Å². The number of methoxy groups -OCH3 is 1. The van der Waals surface area contributed by atoms with Crippen molar-refractivity contribution in [2.75, 3.05) is 24.8 Å². The standard InChI is InChI=1S/C28H34N6O5/c1-17(35)24-23(18-9-11-19(12-10-18)26(36)31-22-16-20(38-5)13-14-30-22)32-25(34(24)29)21-8-6-7-15-33(21)27(37)39-28(2,3)4/h9-14,16,21H,6-8,15,29H2,1-5H3,(H,30,31,36)/t21-/m0/s1. The molecule has 11 heteroatoms. The SMILES string of the molecule is COc1ccnc(NC(=O)c2ccc(-c3nc([C@@H]4CCCCN4C(=O)OC(C)(C)C)n(N)c3C(C)=O)cc2)c1. The van der Waals surface area contributed by atoms with Crippen LogP contribution in [-0.2, 0) is 4.74 Å². The van der Waals surface area contributed by atoms with Crippen molar-refractivity contribution in [2.45, 2.75) is 58.6 Å². The number of carbonyl (C=O) groups excluding carboxylic acids is 3. The van der Waals surface area contributed by atoms with Crippen LogP contribution in [0.15, 0.2) is 42.6 Å². The van der Waals surface area contributed by atoms with E-state index >= 15 is 0 Å². The second-order valence-corrected chi connectivity index (χ2v) is 10.4. The van der Waals surface area contributed by atoms with Crippen LogP contribution in [0.3, 0.4) is 0 Å². The number of nitrogens with two attached hydrogens (primary N) is 1. The number of hydrogen-bond donors (Lipinski definition) is 2. The Balaban J connectivity index is 1.62. The lowest BCUT2D eigenvalue weighted by atomic mass is 10.0. The monoisotopic (exact) mass is 534 g/mol. The lowest BCUT2D eigenvalue weighted by Crippen LogP contribution is -2.43. The quantitative estimate of drug-likeness (QED) is 0.346. The zero-order valence-corrected chi connectivity index (χ0v) is 22.9. The van der Waals surface area contributed by atoms with Crippen LogP contribution in [0, 0.1) is 0 Å². The van der Waals surface area contributed by atoms with E-state index in [-0.39, 0.29) is 17.4 Å². The van der Waals surface area contributed by atoms with Crippen molar-refractivity contribution < 1.29 is 23.9 Å². The molecule has 4 rings (SSSR count). The number of piperidine rings is 1.